The van der Waals surface area contributed by atoms with E-state index in [0.29, 0.717) is 13.0 Å². The van der Waals surface area contributed by atoms with Crippen LogP contribution in [0.3, 0.4) is 0 Å². The zero-order chi connectivity index (χ0) is 15.0. The number of aliphatic hydroxyl groups is 1. The summed E-state index contributed by atoms with van der Waals surface area (Å²) < 4.78 is 0. The molecule has 0 aliphatic heterocycles. The van der Waals surface area contributed by atoms with Crippen LogP contribution in [0.5, 0.6) is 0 Å². The molecule has 1 aliphatic carbocycles. The molecule has 1 fully saturated rings. The van der Waals surface area contributed by atoms with Gasteiger partial charge in [-0.15, -0.1) is 0 Å². The van der Waals surface area contributed by atoms with Crippen LogP contribution in [0.4, 0.5) is 4.79 Å². The third kappa shape index (κ3) is 5.36. The van der Waals surface area contributed by atoms with Crippen molar-refractivity contribution in [2.24, 2.45) is 5.92 Å². The van der Waals surface area contributed by atoms with Crippen LogP contribution in [-0.4, -0.2) is 53.4 Å². The SMILES string of the molecule is CN(CCCCCO)C(=O)NC1CCCCC1C(=O)O. The second-order valence-electron chi connectivity index (χ2n) is 5.49. The fourth-order valence-electron chi connectivity index (χ4n) is 2.61. The Labute approximate surface area is 120 Å². The maximum Gasteiger partial charge on any atom is 0.317 e. The topological polar surface area (TPSA) is 89.9 Å². The minimum absolute atomic E-state index is 0.179. The first-order valence-corrected chi connectivity index (χ1v) is 7.41. The highest BCUT2D eigenvalue weighted by atomic mass is 16.4. The number of carboxylic acids is 1. The lowest BCUT2D eigenvalue weighted by Gasteiger charge is -2.31. The minimum Gasteiger partial charge on any atom is -0.481 e. The number of carboxylic acid groups (broad SMARTS) is 1. The van der Waals surface area contributed by atoms with E-state index in [1.807, 2.05) is 0 Å². The Morgan fingerprint density at radius 2 is 1.90 bits per heavy atom. The Kier molecular flexibility index (Phi) is 7.36. The maximum absolute atomic E-state index is 12.0. The number of carbonyl (C=O) groups is 2. The molecule has 1 rings (SSSR count). The van der Waals surface area contributed by atoms with Crippen LogP contribution in [0.1, 0.15) is 44.9 Å². The number of urea groups is 1. The van der Waals surface area contributed by atoms with Gasteiger partial charge in [0, 0.05) is 26.2 Å². The molecule has 0 heterocycles. The van der Waals surface area contributed by atoms with Crippen LogP contribution in [0, 0.1) is 5.92 Å². The summed E-state index contributed by atoms with van der Waals surface area (Å²) in [5.74, 6) is -1.28. The molecule has 0 saturated heterocycles. The normalized spacial score (nSPS) is 22.3. The number of nitrogens with one attached hydrogen (secondary N) is 1. The third-order valence-electron chi connectivity index (χ3n) is 3.89. The lowest BCUT2D eigenvalue weighted by Crippen LogP contribution is -2.49. The van der Waals surface area contributed by atoms with Crippen molar-refractivity contribution >= 4 is 12.0 Å². The molecule has 1 aliphatic rings. The first-order chi connectivity index (χ1) is 9.56. The summed E-state index contributed by atoms with van der Waals surface area (Å²) >= 11 is 0. The monoisotopic (exact) mass is 286 g/mol. The van der Waals surface area contributed by atoms with Gasteiger partial charge in [0.25, 0.3) is 0 Å². The van der Waals surface area contributed by atoms with Gasteiger partial charge in [0.1, 0.15) is 0 Å². The highest BCUT2D eigenvalue weighted by Gasteiger charge is 2.32. The summed E-state index contributed by atoms with van der Waals surface area (Å²) in [4.78, 5) is 24.8. The minimum atomic E-state index is -0.819. The summed E-state index contributed by atoms with van der Waals surface area (Å²) in [7, 11) is 1.72. The number of nitrogens with zero attached hydrogens (tertiary/aromatic N) is 1. The molecule has 0 aromatic rings. The number of carbonyl (C=O) groups excluding carboxylic acids is 1. The van der Waals surface area contributed by atoms with Gasteiger partial charge >= 0.3 is 12.0 Å². The predicted molar refractivity (Wildman–Crippen MR) is 75.5 cm³/mol. The standard InChI is InChI=1S/C14H26N2O4/c1-16(9-5-2-6-10-17)14(20)15-12-8-4-3-7-11(12)13(18)19/h11-12,17H,2-10H2,1H3,(H,15,20)(H,18,19). The van der Waals surface area contributed by atoms with Gasteiger partial charge < -0.3 is 20.4 Å². The van der Waals surface area contributed by atoms with E-state index < -0.39 is 11.9 Å². The highest BCUT2D eigenvalue weighted by Crippen LogP contribution is 2.24. The largest absolute Gasteiger partial charge is 0.481 e. The van der Waals surface area contributed by atoms with Crippen LogP contribution in [0.2, 0.25) is 0 Å². The van der Waals surface area contributed by atoms with Crippen LogP contribution in [-0.2, 0) is 4.79 Å². The summed E-state index contributed by atoms with van der Waals surface area (Å²) in [5, 5.41) is 20.7. The smallest absolute Gasteiger partial charge is 0.317 e. The van der Waals surface area contributed by atoms with Crippen molar-refractivity contribution in [2.75, 3.05) is 20.2 Å². The molecule has 20 heavy (non-hydrogen) atoms. The Balaban J connectivity index is 2.37. The van der Waals surface area contributed by atoms with Crippen molar-refractivity contribution in [1.29, 1.82) is 0 Å². The van der Waals surface area contributed by atoms with Gasteiger partial charge in [-0.25, -0.2) is 4.79 Å². The van der Waals surface area contributed by atoms with Gasteiger partial charge in [0.15, 0.2) is 0 Å². The van der Waals surface area contributed by atoms with Crippen LogP contribution in [0.15, 0.2) is 0 Å². The summed E-state index contributed by atoms with van der Waals surface area (Å²) in [6.07, 6.45) is 5.74. The van der Waals surface area contributed by atoms with Gasteiger partial charge in [-0.05, 0) is 32.1 Å². The van der Waals surface area contributed by atoms with Gasteiger partial charge in [-0.1, -0.05) is 12.8 Å². The number of hydrogen-bond acceptors (Lipinski definition) is 3. The molecule has 2 unspecified atom stereocenters. The Morgan fingerprint density at radius 3 is 2.55 bits per heavy atom. The van der Waals surface area contributed by atoms with Gasteiger partial charge in [0.05, 0.1) is 5.92 Å². The van der Waals surface area contributed by atoms with Crippen molar-refractivity contribution in [3.8, 4) is 0 Å². The maximum atomic E-state index is 12.0. The van der Waals surface area contributed by atoms with E-state index in [1.165, 1.54) is 0 Å². The number of amides is 2. The molecule has 0 bridgehead atoms. The van der Waals surface area contributed by atoms with Crippen molar-refractivity contribution in [3.63, 3.8) is 0 Å². The summed E-state index contributed by atoms with van der Waals surface area (Å²) in [6.45, 7) is 0.800. The third-order valence-corrected chi connectivity index (χ3v) is 3.89. The van der Waals surface area contributed by atoms with E-state index in [9.17, 15) is 14.7 Å². The molecule has 0 radical (unpaired) electrons. The fourth-order valence-corrected chi connectivity index (χ4v) is 2.61. The van der Waals surface area contributed by atoms with E-state index in [1.54, 1.807) is 11.9 Å². The zero-order valence-electron chi connectivity index (χ0n) is 12.2. The highest BCUT2D eigenvalue weighted by molar-refractivity contribution is 5.76. The average Bonchev–Trinajstić information content (AvgIpc) is 2.43. The van der Waals surface area contributed by atoms with E-state index in [4.69, 9.17) is 5.11 Å². The fraction of sp³-hybridized carbons (Fsp3) is 0.857. The molecule has 116 valence electrons. The quantitative estimate of drug-likeness (QED) is 0.618. The molecule has 2 amide bonds. The number of aliphatic carboxylic acids is 1. The summed E-state index contributed by atoms with van der Waals surface area (Å²) in [5.41, 5.74) is 0. The van der Waals surface area contributed by atoms with Crippen molar-refractivity contribution in [1.82, 2.24) is 10.2 Å². The van der Waals surface area contributed by atoms with Crippen LogP contribution >= 0.6 is 0 Å². The lowest BCUT2D eigenvalue weighted by atomic mass is 9.84. The molecule has 6 heteroatoms. The molecule has 6 nitrogen and oxygen atoms in total. The molecular formula is C14H26N2O4. The first-order valence-electron chi connectivity index (χ1n) is 7.41. The molecule has 2 atom stereocenters. The lowest BCUT2D eigenvalue weighted by molar-refractivity contribution is -0.143. The number of aliphatic hydroxyl groups excluding tert-OH is 1. The molecular weight excluding hydrogens is 260 g/mol. The molecule has 3 N–H and O–H groups in total. The van der Waals surface area contributed by atoms with Crippen LogP contribution in [0.25, 0.3) is 0 Å². The number of unbranched alkanes of at least 4 members (excludes halogenated alkanes) is 2. The molecule has 0 spiro atoms. The van der Waals surface area contributed by atoms with Gasteiger partial charge in [-0.2, -0.15) is 0 Å². The van der Waals surface area contributed by atoms with Gasteiger partial charge in [-0.3, -0.25) is 4.79 Å². The predicted octanol–water partition coefficient (Wildman–Crippen LogP) is 1.43. The first kappa shape index (κ1) is 16.8. The zero-order valence-corrected chi connectivity index (χ0v) is 12.2. The van der Waals surface area contributed by atoms with Crippen LogP contribution < -0.4 is 5.32 Å². The van der Waals surface area contributed by atoms with Crippen molar-refractivity contribution in [3.05, 3.63) is 0 Å². The van der Waals surface area contributed by atoms with Crippen molar-refractivity contribution < 1.29 is 19.8 Å². The number of hydrogen-bond donors (Lipinski definition) is 3. The van der Waals surface area contributed by atoms with E-state index in [0.717, 1.165) is 38.5 Å². The van der Waals surface area contributed by atoms with Gasteiger partial charge in [0.2, 0.25) is 0 Å². The van der Waals surface area contributed by atoms with E-state index in [2.05, 4.69) is 5.32 Å². The van der Waals surface area contributed by atoms with Crippen molar-refractivity contribution in [2.45, 2.75) is 51.0 Å². The Hall–Kier alpha value is -1.30. The van der Waals surface area contributed by atoms with E-state index in [-0.39, 0.29) is 18.7 Å². The Morgan fingerprint density at radius 1 is 1.20 bits per heavy atom. The second-order valence-corrected chi connectivity index (χ2v) is 5.49. The molecule has 0 aromatic heterocycles. The number of rotatable bonds is 7. The Bertz CT molecular complexity index is 322. The van der Waals surface area contributed by atoms with E-state index >= 15 is 0 Å². The molecule has 0 aromatic carbocycles. The average molecular weight is 286 g/mol. The second kappa shape index (κ2) is 8.79. The summed E-state index contributed by atoms with van der Waals surface area (Å²) in [6, 6.07) is -0.458. The molecule has 1 saturated carbocycles.